The van der Waals surface area contributed by atoms with Crippen molar-refractivity contribution in [3.05, 3.63) is 40.0 Å². The van der Waals surface area contributed by atoms with E-state index in [2.05, 4.69) is 202 Å². The standard InChI is InChI=1S/3C3H8.3C2H4N8.2C2H4O2.2CH4.2BrH.2HI.3Pt/c3*1-3-2;3*1-3-5-7-9(1)10-2-4-6-8-10;2*1-2(3)4;;;;;;;;;/h3*3H2,1-2H3;3*1-2H,(H,3,7)(H,4,8);2*1H3,(H,3,4);2*1H4;4*1H;;;/q;;;3*-2;;;;;;;;;+2;2*+4/p-4. The van der Waals surface area contributed by atoms with Gasteiger partial charge in [0.1, 0.15) is 0 Å². The molecule has 0 unspecified atom stereocenters. The molecule has 6 rings (SSSR count). The molecule has 6 aliphatic rings. The van der Waals surface area contributed by atoms with Crippen LogP contribution in [0.2, 0.25) is 0 Å². The molecule has 0 spiro atoms. The first-order chi connectivity index (χ1) is 25.4. The zero-order valence-electron chi connectivity index (χ0n) is 29.8. The van der Waals surface area contributed by atoms with E-state index in [4.69, 9.17) is 19.8 Å². The largest absolute Gasteiger partial charge is 2.00 e. The smallest absolute Gasteiger partial charge is 2.00 e. The molecule has 0 atom stereocenters. The second-order valence-corrected chi connectivity index (χ2v) is 34.4. The third kappa shape index (κ3) is 50.8. The number of hydrazine groups is 9. The normalized spacial score (nSPS) is 15.3. The Labute approximate surface area is 394 Å². The van der Waals surface area contributed by atoms with Crippen LogP contribution in [0.1, 0.15) is 89.5 Å². The molecule has 0 aromatic heterocycles. The Hall–Kier alpha value is -1.20. The van der Waals surface area contributed by atoms with Crippen molar-refractivity contribution in [1.29, 1.82) is 0 Å². The number of carboxylic acids is 2. The number of halogens is 4. The van der Waals surface area contributed by atoms with E-state index in [9.17, 15) is 0 Å². The van der Waals surface area contributed by atoms with Crippen molar-refractivity contribution >= 4 is 77.2 Å². The summed E-state index contributed by atoms with van der Waals surface area (Å²) in [7, 11) is 0. The number of rotatable bonds is 3. The predicted octanol–water partition coefficient (Wildman–Crippen LogP) is 7.70. The van der Waals surface area contributed by atoms with E-state index in [1.165, 1.54) is 90.0 Å². The number of carboxylic acid groups (broad SMARTS) is 2. The molecule has 338 valence electrons. The molecule has 35 heteroatoms. The van der Waals surface area contributed by atoms with Gasteiger partial charge in [0.2, 0.25) is 0 Å². The molecule has 56 heavy (non-hydrogen) atoms. The predicted molar refractivity (Wildman–Crippen MR) is 219 cm³/mol. The van der Waals surface area contributed by atoms with Crippen molar-refractivity contribution < 1.29 is 66.5 Å². The number of nitrogens with one attached hydrogen (secondary N) is 6. The van der Waals surface area contributed by atoms with Gasteiger partial charge in [-0.2, -0.15) is 40.0 Å². The summed E-state index contributed by atoms with van der Waals surface area (Å²) in [6, 6.07) is 0. The molecule has 0 amide bonds. The fourth-order valence-electron chi connectivity index (χ4n) is 1.66. The van der Waals surface area contributed by atoms with Gasteiger partial charge in [-0.25, -0.2) is 33.2 Å². The number of hydrogen-bond donors (Lipinski definition) is 8. The minimum absolute atomic E-state index is 0. The minimum atomic E-state index is -0.833. The van der Waals surface area contributed by atoms with E-state index in [1.54, 1.807) is 0 Å². The fraction of sp³-hybridized carbons (Fsp3) is 0.619. The van der Waals surface area contributed by atoms with E-state index in [-0.39, 0.29) is 50.4 Å². The average Bonchev–Trinajstić information content (AvgIpc) is 3.94. The van der Waals surface area contributed by atoms with E-state index in [0.717, 1.165) is 13.8 Å². The van der Waals surface area contributed by atoms with Crippen LogP contribution >= 0.6 is 65.3 Å². The fourth-order valence-corrected chi connectivity index (χ4v) is 1.66. The van der Waals surface area contributed by atoms with E-state index < -0.39 is 11.9 Å². The van der Waals surface area contributed by atoms with Crippen molar-refractivity contribution in [2.75, 3.05) is 0 Å². The van der Waals surface area contributed by atoms with Gasteiger partial charge in [-0.15, -0.1) is 0 Å². The number of hydrogen-bond acceptors (Lipinski definition) is 26. The minimum Gasteiger partial charge on any atom is 2.00 e. The van der Waals surface area contributed by atoms with Crippen molar-refractivity contribution in [2.45, 2.75) is 89.5 Å². The first kappa shape index (κ1) is 69.4. The SMILES string of the molecule is C.C.CC(=O)O.CC(=O)O.CCC.CCC.CCC.[Br][Pt+2][Br].[CH-]1N=NNN1N1[CH-]N=NN1.[CH-]1N=NNN1N1[CH-]N=NN1.[CH-]1N=NNN1N1[CH-]N=NN1.[I][Pt+2][I].[Pt+2]. The van der Waals surface area contributed by atoms with Gasteiger partial charge >= 0.3 is 112 Å². The summed E-state index contributed by atoms with van der Waals surface area (Å²) in [6.07, 6.45) is 3.75. The van der Waals surface area contributed by atoms with Gasteiger partial charge in [-0.1, -0.05) is 107 Å². The summed E-state index contributed by atoms with van der Waals surface area (Å²) in [6.45, 7) is 23.7. The Morgan fingerprint density at radius 3 is 0.661 bits per heavy atom. The Balaban J connectivity index is -0.000000100. The van der Waals surface area contributed by atoms with E-state index >= 15 is 0 Å². The molecule has 0 aliphatic carbocycles. The van der Waals surface area contributed by atoms with Crippen LogP contribution in [-0.2, 0) is 56.3 Å². The molecule has 6 heterocycles. The van der Waals surface area contributed by atoms with Gasteiger partial charge in [-0.3, -0.25) is 40.3 Å². The summed E-state index contributed by atoms with van der Waals surface area (Å²) >= 11 is 11.9. The number of carbonyl (C=O) groups is 2. The van der Waals surface area contributed by atoms with Crippen molar-refractivity contribution in [2.24, 2.45) is 62.0 Å². The number of aliphatic carboxylic acids is 2. The van der Waals surface area contributed by atoms with Crippen molar-refractivity contribution in [3.8, 4) is 0 Å². The monoisotopic (exact) mass is 1700 g/mol. The average molecular weight is 1700 g/mol. The molecular formula is C21H52Br2I2N24O4Pt3. The summed E-state index contributed by atoms with van der Waals surface area (Å²) in [5.41, 5.74) is 15.3. The van der Waals surface area contributed by atoms with Gasteiger partial charge < -0.3 is 40.9 Å². The van der Waals surface area contributed by atoms with Gasteiger partial charge in [0, 0.05) is 13.8 Å². The van der Waals surface area contributed by atoms with Gasteiger partial charge in [0.15, 0.2) is 0 Å². The van der Waals surface area contributed by atoms with Crippen LogP contribution in [0.25, 0.3) is 0 Å². The Morgan fingerprint density at radius 1 is 0.518 bits per heavy atom. The molecule has 0 saturated heterocycles. The quantitative estimate of drug-likeness (QED) is 0.0991. The molecule has 0 aromatic carbocycles. The van der Waals surface area contributed by atoms with Crippen molar-refractivity contribution in [1.82, 2.24) is 63.9 Å². The zero-order valence-corrected chi connectivity index (χ0v) is 44.1. The molecule has 28 nitrogen and oxygen atoms in total. The Kier molecular flexibility index (Phi) is 69.3. The van der Waals surface area contributed by atoms with Crippen LogP contribution in [0.5, 0.6) is 0 Å². The number of nitrogens with zero attached hydrogens (tertiary/aromatic N) is 18. The summed E-state index contributed by atoms with van der Waals surface area (Å²) < 4.78 is 0. The van der Waals surface area contributed by atoms with E-state index in [1.807, 2.05) is 0 Å². The maximum absolute atomic E-state index is 9.00. The van der Waals surface area contributed by atoms with Gasteiger partial charge in [0.05, 0.1) is 0 Å². The third-order valence-corrected chi connectivity index (χ3v) is 2.89. The van der Waals surface area contributed by atoms with E-state index in [0.29, 0.717) is 11.2 Å². The third-order valence-electron chi connectivity index (χ3n) is 2.89. The maximum Gasteiger partial charge on any atom is 2.00 e. The summed E-state index contributed by atoms with van der Waals surface area (Å²) in [5, 5.41) is 65.7. The molecule has 6 aliphatic heterocycles. The molecule has 0 bridgehead atoms. The van der Waals surface area contributed by atoms with Crippen LogP contribution in [0, 0.1) is 40.0 Å². The molecule has 0 aromatic rings. The second kappa shape index (κ2) is 55.9. The summed E-state index contributed by atoms with van der Waals surface area (Å²) in [5.74, 6) is -1.67. The maximum atomic E-state index is 9.00. The van der Waals surface area contributed by atoms with Crippen LogP contribution in [0.15, 0.2) is 62.0 Å². The molecule has 8 N–H and O–H groups in total. The molecule has 0 saturated carbocycles. The van der Waals surface area contributed by atoms with Crippen molar-refractivity contribution in [3.63, 3.8) is 0 Å². The van der Waals surface area contributed by atoms with Crippen LogP contribution in [0.3, 0.4) is 0 Å². The van der Waals surface area contributed by atoms with Crippen LogP contribution in [-0.4, -0.2) is 52.9 Å². The van der Waals surface area contributed by atoms with Gasteiger partial charge in [0.25, 0.3) is 11.9 Å². The first-order valence-corrected chi connectivity index (χ1v) is 37.0. The molecular weight excluding hydrogens is 1650 g/mol. The van der Waals surface area contributed by atoms with Gasteiger partial charge in [-0.05, 0) is 0 Å². The first-order valence-electron chi connectivity index (χ1n) is 14.2. The topological polar surface area (TPSA) is 315 Å². The van der Waals surface area contributed by atoms with Crippen LogP contribution < -0.4 is 33.2 Å². The molecule has 0 radical (unpaired) electrons. The zero-order chi connectivity index (χ0) is 41.1. The van der Waals surface area contributed by atoms with Crippen LogP contribution in [0.4, 0.5) is 0 Å². The Morgan fingerprint density at radius 2 is 0.607 bits per heavy atom. The second-order valence-electron chi connectivity index (χ2n) is 7.90. The molecule has 0 fully saturated rings. The summed E-state index contributed by atoms with van der Waals surface area (Å²) in [4.78, 5) is 18.0. The Bertz CT molecular complexity index is 805.